The van der Waals surface area contributed by atoms with Crippen LogP contribution in [0.3, 0.4) is 0 Å². The highest BCUT2D eigenvalue weighted by molar-refractivity contribution is 5.98. The Kier molecular flexibility index (Phi) is 10.9. The molecule has 210 valence electrons. The van der Waals surface area contributed by atoms with E-state index in [-0.39, 0.29) is 29.6 Å². The van der Waals surface area contributed by atoms with Crippen LogP contribution in [0.5, 0.6) is 0 Å². The lowest BCUT2D eigenvalue weighted by Crippen LogP contribution is -2.60. The summed E-state index contributed by atoms with van der Waals surface area (Å²) in [5, 5.41) is 11.4. The van der Waals surface area contributed by atoms with Crippen molar-refractivity contribution in [2.24, 2.45) is 23.7 Å². The first kappa shape index (κ1) is 30.6. The molecule has 2 aliphatic rings. The summed E-state index contributed by atoms with van der Waals surface area (Å²) in [6.45, 7) is 15.4. The number of carbonyl (C=O) groups is 5. The predicted octanol–water partition coefficient (Wildman–Crippen LogP) is 1.33. The van der Waals surface area contributed by atoms with Crippen LogP contribution in [0.1, 0.15) is 81.1 Å². The molecule has 0 aromatic carbocycles. The third-order valence-corrected chi connectivity index (χ3v) is 7.45. The van der Waals surface area contributed by atoms with E-state index in [1.807, 2.05) is 55.4 Å². The summed E-state index contributed by atoms with van der Waals surface area (Å²) in [5.41, 5.74) is 0. The molecule has 2 fully saturated rings. The van der Waals surface area contributed by atoms with Gasteiger partial charge in [0.15, 0.2) is 0 Å². The predicted molar refractivity (Wildman–Crippen MR) is 141 cm³/mol. The highest BCUT2D eigenvalue weighted by Gasteiger charge is 2.42. The third-order valence-electron chi connectivity index (χ3n) is 7.45. The molecule has 0 aromatic heterocycles. The number of hydrogen-bond acceptors (Lipinski definition) is 5. The first-order valence-electron chi connectivity index (χ1n) is 13.8. The molecule has 2 heterocycles. The zero-order valence-corrected chi connectivity index (χ0v) is 23.7. The van der Waals surface area contributed by atoms with Gasteiger partial charge in [-0.2, -0.15) is 0 Å². The first-order chi connectivity index (χ1) is 17.3. The van der Waals surface area contributed by atoms with E-state index >= 15 is 0 Å². The molecular formula is C27H47N5O5. The topological polar surface area (TPSA) is 137 Å². The minimum Gasteiger partial charge on any atom is -0.343 e. The second kappa shape index (κ2) is 13.2. The first-order valence-corrected chi connectivity index (χ1v) is 13.8. The van der Waals surface area contributed by atoms with Gasteiger partial charge in [0.2, 0.25) is 29.5 Å². The lowest BCUT2D eigenvalue weighted by atomic mass is 9.95. The molecule has 5 amide bonds. The Bertz CT molecular complexity index is 858. The fourth-order valence-corrected chi connectivity index (χ4v) is 4.94. The molecule has 0 spiro atoms. The van der Waals surface area contributed by atoms with E-state index in [4.69, 9.17) is 0 Å². The number of rotatable bonds is 6. The van der Waals surface area contributed by atoms with Crippen LogP contribution in [0.15, 0.2) is 0 Å². The summed E-state index contributed by atoms with van der Waals surface area (Å²) in [6, 6.07) is -4.19. The second-order valence-electron chi connectivity index (χ2n) is 11.7. The molecule has 0 bridgehead atoms. The molecule has 2 saturated heterocycles. The fraction of sp³-hybridized carbons (Fsp3) is 0.815. The van der Waals surface area contributed by atoms with Crippen LogP contribution >= 0.6 is 0 Å². The molecule has 4 N–H and O–H groups in total. The van der Waals surface area contributed by atoms with Gasteiger partial charge < -0.3 is 26.2 Å². The minimum atomic E-state index is -0.894. The van der Waals surface area contributed by atoms with Gasteiger partial charge in [-0.05, 0) is 42.9 Å². The van der Waals surface area contributed by atoms with E-state index in [9.17, 15) is 24.0 Å². The van der Waals surface area contributed by atoms with Crippen molar-refractivity contribution in [1.82, 2.24) is 26.2 Å². The van der Waals surface area contributed by atoms with Gasteiger partial charge in [-0.15, -0.1) is 0 Å². The normalized spacial score (nSPS) is 29.3. The molecule has 6 atom stereocenters. The molecular weight excluding hydrogens is 474 g/mol. The summed E-state index contributed by atoms with van der Waals surface area (Å²) in [4.78, 5) is 68.7. The Morgan fingerprint density at radius 2 is 1.27 bits per heavy atom. The van der Waals surface area contributed by atoms with Crippen molar-refractivity contribution >= 4 is 29.5 Å². The van der Waals surface area contributed by atoms with Crippen LogP contribution in [-0.2, 0) is 24.0 Å². The van der Waals surface area contributed by atoms with Crippen LogP contribution in [-0.4, -0.2) is 71.2 Å². The quantitative estimate of drug-likeness (QED) is 0.418. The van der Waals surface area contributed by atoms with E-state index in [2.05, 4.69) is 21.3 Å². The molecule has 37 heavy (non-hydrogen) atoms. The molecule has 0 radical (unpaired) electrons. The van der Waals surface area contributed by atoms with Crippen molar-refractivity contribution in [2.45, 2.75) is 111 Å². The Hall–Kier alpha value is -2.65. The minimum absolute atomic E-state index is 0.0954. The average Bonchev–Trinajstić information content (AvgIpc) is 3.31. The molecule has 2 aliphatic heterocycles. The van der Waals surface area contributed by atoms with Gasteiger partial charge in [-0.25, -0.2) is 0 Å². The van der Waals surface area contributed by atoms with Crippen LogP contribution < -0.4 is 21.3 Å². The summed E-state index contributed by atoms with van der Waals surface area (Å²) >= 11 is 0. The van der Waals surface area contributed by atoms with Crippen LogP contribution in [0.2, 0.25) is 0 Å². The summed E-state index contributed by atoms with van der Waals surface area (Å²) in [6.07, 6.45) is 2.14. The van der Waals surface area contributed by atoms with Crippen molar-refractivity contribution < 1.29 is 24.0 Å². The van der Waals surface area contributed by atoms with E-state index in [1.165, 1.54) is 4.90 Å². The maximum Gasteiger partial charge on any atom is 0.246 e. The molecule has 0 unspecified atom stereocenters. The zero-order chi connectivity index (χ0) is 28.0. The maximum absolute atomic E-state index is 13.6. The second-order valence-corrected chi connectivity index (χ2v) is 11.7. The van der Waals surface area contributed by atoms with E-state index in [0.717, 1.165) is 0 Å². The highest BCUT2D eigenvalue weighted by atomic mass is 16.2. The van der Waals surface area contributed by atoms with Crippen LogP contribution in [0.25, 0.3) is 0 Å². The SMILES string of the molecule is CC[C@H](C)[C@@H]1NC(=O)[C@@H]2CCCN2C(=O)[C@H](C(C)C)NC(=O)[C@H](CC(C)C)NC(=O)[C@H](C(C)C)NC1=O. The summed E-state index contributed by atoms with van der Waals surface area (Å²) in [5.74, 6) is -2.67. The number of carbonyl (C=O) groups excluding carboxylic acids is 5. The smallest absolute Gasteiger partial charge is 0.246 e. The van der Waals surface area contributed by atoms with E-state index < -0.39 is 53.8 Å². The zero-order valence-electron chi connectivity index (χ0n) is 23.7. The highest BCUT2D eigenvalue weighted by Crippen LogP contribution is 2.22. The van der Waals surface area contributed by atoms with Crippen LogP contribution in [0, 0.1) is 23.7 Å². The third kappa shape index (κ3) is 7.68. The Morgan fingerprint density at radius 3 is 1.81 bits per heavy atom. The summed E-state index contributed by atoms with van der Waals surface area (Å²) in [7, 11) is 0. The summed E-state index contributed by atoms with van der Waals surface area (Å²) < 4.78 is 0. The number of amides is 5. The lowest BCUT2D eigenvalue weighted by Gasteiger charge is -2.32. The molecule has 0 saturated carbocycles. The Balaban J connectivity index is 2.56. The van der Waals surface area contributed by atoms with Crippen LogP contribution in [0.4, 0.5) is 0 Å². The van der Waals surface area contributed by atoms with Crippen molar-refractivity contribution in [3.8, 4) is 0 Å². The molecule has 2 rings (SSSR count). The standard InChI is InChI=1S/C27H47N5O5/c1-9-17(8)22-26(36)29-20(15(4)5)25(35)28-18(13-14(2)3)23(33)30-21(16(6)7)27(37)32-12-10-11-19(32)24(34)31-22/h14-22H,9-13H2,1-8H3,(H,28,35)(H,29,36)(H,30,33)(H,31,34)/t17-,18-,19-,20-,21-,22-/m0/s1. The van der Waals surface area contributed by atoms with E-state index in [0.29, 0.717) is 32.2 Å². The fourth-order valence-electron chi connectivity index (χ4n) is 4.94. The Labute approximate surface area is 221 Å². The van der Waals surface area contributed by atoms with Crippen molar-refractivity contribution in [3.63, 3.8) is 0 Å². The number of nitrogens with zero attached hydrogens (tertiary/aromatic N) is 1. The largest absolute Gasteiger partial charge is 0.343 e. The number of fused-ring (bicyclic) bond motifs is 1. The molecule has 0 aromatic rings. The molecule has 10 nitrogen and oxygen atoms in total. The van der Waals surface area contributed by atoms with Gasteiger partial charge in [0, 0.05) is 6.54 Å². The van der Waals surface area contributed by atoms with Gasteiger partial charge >= 0.3 is 0 Å². The van der Waals surface area contributed by atoms with Gasteiger partial charge in [0.05, 0.1) is 0 Å². The molecule has 10 heteroatoms. The van der Waals surface area contributed by atoms with Crippen molar-refractivity contribution in [2.75, 3.05) is 6.54 Å². The molecule has 0 aliphatic carbocycles. The lowest BCUT2D eigenvalue weighted by molar-refractivity contribution is -0.143. The number of hydrogen-bond donors (Lipinski definition) is 4. The van der Waals surface area contributed by atoms with Gasteiger partial charge in [-0.3, -0.25) is 24.0 Å². The van der Waals surface area contributed by atoms with Gasteiger partial charge in [0.1, 0.15) is 30.2 Å². The van der Waals surface area contributed by atoms with Gasteiger partial charge in [0.25, 0.3) is 0 Å². The van der Waals surface area contributed by atoms with Crippen molar-refractivity contribution in [1.29, 1.82) is 0 Å². The monoisotopic (exact) mass is 521 g/mol. The number of nitrogens with one attached hydrogen (secondary N) is 4. The Morgan fingerprint density at radius 1 is 0.730 bits per heavy atom. The maximum atomic E-state index is 13.6. The van der Waals surface area contributed by atoms with E-state index in [1.54, 1.807) is 0 Å². The average molecular weight is 522 g/mol. The van der Waals surface area contributed by atoms with Crippen molar-refractivity contribution in [3.05, 3.63) is 0 Å². The van der Waals surface area contributed by atoms with Gasteiger partial charge in [-0.1, -0.05) is 61.8 Å².